The van der Waals surface area contributed by atoms with Crippen LogP contribution >= 0.6 is 0 Å². The molecule has 2 aromatic heterocycles. The minimum Gasteiger partial charge on any atom is -0.491 e. The number of carbonyl (C=O) groups is 1. The smallest absolute Gasteiger partial charge is 0.423 e. The maximum atomic E-state index is 14.3. The second-order valence-electron chi connectivity index (χ2n) is 10.4. The topological polar surface area (TPSA) is 107 Å². The zero-order valence-corrected chi connectivity index (χ0v) is 22.7. The molecule has 0 bridgehead atoms. The van der Waals surface area contributed by atoms with Crippen molar-refractivity contribution in [3.05, 3.63) is 81.5 Å². The van der Waals surface area contributed by atoms with Crippen LogP contribution in [-0.4, -0.2) is 47.1 Å². The van der Waals surface area contributed by atoms with E-state index >= 15 is 0 Å². The molecule has 0 fully saturated rings. The van der Waals surface area contributed by atoms with Crippen LogP contribution in [0.15, 0.2) is 53.6 Å². The Kier molecular flexibility index (Phi) is 8.11. The fraction of sp³-hybridized carbons (Fsp3) is 0.385. The van der Waals surface area contributed by atoms with Crippen LogP contribution in [0.3, 0.4) is 0 Å². The molecular formula is C26H29F3N4O5Si. The summed E-state index contributed by atoms with van der Waals surface area (Å²) in [4.78, 5) is 29.5. The lowest BCUT2D eigenvalue weighted by molar-refractivity contribution is -0.138. The first kappa shape index (κ1) is 28.3. The molecule has 4 rings (SSSR count). The van der Waals surface area contributed by atoms with E-state index in [1.54, 1.807) is 24.3 Å². The molecule has 1 aromatic carbocycles. The number of alkyl halides is 3. The number of aromatic nitrogens is 3. The molecular weight excluding hydrogens is 533 g/mol. The number of anilines is 1. The summed E-state index contributed by atoms with van der Waals surface area (Å²) in [6, 6.07) is 9.92. The average Bonchev–Trinajstić information content (AvgIpc) is 3.23. The average molecular weight is 563 g/mol. The number of hydrogen-bond acceptors (Lipinski definition) is 7. The van der Waals surface area contributed by atoms with Crippen LogP contribution in [0.4, 0.5) is 18.9 Å². The Morgan fingerprint density at radius 1 is 1.21 bits per heavy atom. The summed E-state index contributed by atoms with van der Waals surface area (Å²) in [5, 5.41) is 13.2. The highest BCUT2D eigenvalue weighted by molar-refractivity contribution is 6.76. The van der Waals surface area contributed by atoms with Crippen molar-refractivity contribution in [2.45, 2.75) is 51.2 Å². The molecule has 1 N–H and O–H groups in total. The molecule has 0 spiro atoms. The first-order chi connectivity index (χ1) is 18.3. The van der Waals surface area contributed by atoms with Gasteiger partial charge in [0.15, 0.2) is 5.69 Å². The molecule has 208 valence electrons. The van der Waals surface area contributed by atoms with Gasteiger partial charge in [0.2, 0.25) is 0 Å². The van der Waals surface area contributed by atoms with Crippen LogP contribution in [-0.2, 0) is 24.2 Å². The Balaban J connectivity index is 1.65. The summed E-state index contributed by atoms with van der Waals surface area (Å²) in [7, 11) is -1.42. The van der Waals surface area contributed by atoms with E-state index in [0.29, 0.717) is 11.3 Å². The lowest BCUT2D eigenvalue weighted by Crippen LogP contribution is -2.36. The van der Waals surface area contributed by atoms with E-state index in [0.717, 1.165) is 23.4 Å². The number of halogens is 3. The summed E-state index contributed by atoms with van der Waals surface area (Å²) >= 11 is 0. The third-order valence-corrected chi connectivity index (χ3v) is 8.02. The van der Waals surface area contributed by atoms with Crippen LogP contribution in [0.2, 0.25) is 25.7 Å². The number of ether oxygens (including phenoxy) is 2. The molecule has 9 nitrogen and oxygen atoms in total. The van der Waals surface area contributed by atoms with Crippen molar-refractivity contribution >= 4 is 19.7 Å². The van der Waals surface area contributed by atoms with E-state index in [4.69, 9.17) is 9.47 Å². The summed E-state index contributed by atoms with van der Waals surface area (Å²) in [5.41, 5.74) is -1.70. The molecule has 0 saturated carbocycles. The molecule has 1 unspecified atom stereocenters. The first-order valence-corrected chi connectivity index (χ1v) is 16.0. The standard InChI is InChI=1S/C26H29F3N4O5Si/c1-39(2,3)11-10-37-16-33-24(34)23(26(27,28)29)21(13-31-33)32-14-17-6-4-5-7-19(17)22(32)15-38-18-8-9-30-20(12-18)25(35)36/h4-9,12-13,22H,10-11,14-16H2,1-3H3,(H,35,36). The zero-order chi connectivity index (χ0) is 28.4. The van der Waals surface area contributed by atoms with E-state index in [2.05, 4.69) is 29.7 Å². The maximum absolute atomic E-state index is 14.3. The van der Waals surface area contributed by atoms with Gasteiger partial charge in [0.1, 0.15) is 24.7 Å². The Morgan fingerprint density at radius 3 is 2.64 bits per heavy atom. The highest BCUT2D eigenvalue weighted by Crippen LogP contribution is 2.42. The number of aromatic carboxylic acids is 1. The molecule has 39 heavy (non-hydrogen) atoms. The maximum Gasteiger partial charge on any atom is 0.423 e. The highest BCUT2D eigenvalue weighted by atomic mass is 28.3. The van der Waals surface area contributed by atoms with Crippen molar-refractivity contribution in [1.29, 1.82) is 0 Å². The summed E-state index contributed by atoms with van der Waals surface area (Å²) < 4.78 is 54.9. The highest BCUT2D eigenvalue weighted by Gasteiger charge is 2.42. The van der Waals surface area contributed by atoms with Crippen molar-refractivity contribution in [2.24, 2.45) is 0 Å². The summed E-state index contributed by atoms with van der Waals surface area (Å²) in [6.07, 6.45) is -2.63. The van der Waals surface area contributed by atoms with Gasteiger partial charge in [-0.2, -0.15) is 18.3 Å². The number of carboxylic acid groups (broad SMARTS) is 1. The number of rotatable bonds is 10. The van der Waals surface area contributed by atoms with Crippen LogP contribution in [0.5, 0.6) is 5.75 Å². The predicted octanol–water partition coefficient (Wildman–Crippen LogP) is 4.81. The quantitative estimate of drug-likeness (QED) is 0.277. The Labute approximate surface area is 223 Å². The van der Waals surface area contributed by atoms with Gasteiger partial charge in [-0.1, -0.05) is 43.9 Å². The van der Waals surface area contributed by atoms with E-state index in [1.807, 2.05) is 0 Å². The van der Waals surface area contributed by atoms with E-state index in [-0.39, 0.29) is 37.0 Å². The van der Waals surface area contributed by atoms with E-state index in [9.17, 15) is 27.9 Å². The second kappa shape index (κ2) is 11.2. The largest absolute Gasteiger partial charge is 0.491 e. The zero-order valence-electron chi connectivity index (χ0n) is 21.7. The first-order valence-electron chi connectivity index (χ1n) is 12.3. The third kappa shape index (κ3) is 6.65. The Bertz CT molecular complexity index is 1410. The van der Waals surface area contributed by atoms with Crippen LogP contribution < -0.4 is 15.2 Å². The van der Waals surface area contributed by atoms with E-state index in [1.165, 1.54) is 23.2 Å². The number of fused-ring (bicyclic) bond motifs is 1. The van der Waals surface area contributed by atoms with Crippen LogP contribution in [0.1, 0.15) is 33.2 Å². The number of carboxylic acids is 1. The van der Waals surface area contributed by atoms with Crippen molar-refractivity contribution in [3.63, 3.8) is 0 Å². The van der Waals surface area contributed by atoms with Gasteiger partial charge in [0.05, 0.1) is 17.9 Å². The fourth-order valence-corrected chi connectivity index (χ4v) is 5.03. The molecule has 3 heterocycles. The number of hydrogen-bond donors (Lipinski definition) is 1. The van der Waals surface area contributed by atoms with Gasteiger partial charge in [-0.25, -0.2) is 14.5 Å². The Hall–Kier alpha value is -3.71. The van der Waals surface area contributed by atoms with Crippen molar-refractivity contribution < 1.29 is 32.5 Å². The van der Waals surface area contributed by atoms with Gasteiger partial charge >= 0.3 is 12.1 Å². The van der Waals surface area contributed by atoms with Gasteiger partial charge < -0.3 is 19.5 Å². The van der Waals surface area contributed by atoms with Gasteiger partial charge in [-0.15, -0.1) is 0 Å². The number of pyridine rings is 1. The van der Waals surface area contributed by atoms with Crippen LogP contribution in [0.25, 0.3) is 0 Å². The Morgan fingerprint density at radius 2 is 1.95 bits per heavy atom. The number of benzene rings is 1. The van der Waals surface area contributed by atoms with Gasteiger partial charge in [-0.3, -0.25) is 4.79 Å². The minimum absolute atomic E-state index is 0.0991. The van der Waals surface area contributed by atoms with E-state index < -0.39 is 37.4 Å². The molecule has 0 amide bonds. The lowest BCUT2D eigenvalue weighted by Gasteiger charge is -2.29. The molecule has 0 aliphatic carbocycles. The molecule has 1 aliphatic heterocycles. The monoisotopic (exact) mass is 562 g/mol. The molecule has 3 aromatic rings. The predicted molar refractivity (Wildman–Crippen MR) is 140 cm³/mol. The SMILES string of the molecule is C[Si](C)(C)CCOCn1ncc(N2Cc3ccccc3C2COc2ccnc(C(=O)O)c2)c(C(F)(F)F)c1=O. The minimum atomic E-state index is -4.95. The molecule has 1 atom stereocenters. The summed E-state index contributed by atoms with van der Waals surface area (Å²) in [5.74, 6) is -1.04. The normalized spacial score (nSPS) is 15.3. The fourth-order valence-electron chi connectivity index (χ4n) is 4.28. The number of nitrogens with zero attached hydrogens (tertiary/aromatic N) is 4. The second-order valence-corrected chi connectivity index (χ2v) is 16.0. The van der Waals surface area contributed by atoms with Gasteiger partial charge in [0, 0.05) is 33.5 Å². The van der Waals surface area contributed by atoms with Crippen LogP contribution in [0, 0.1) is 0 Å². The third-order valence-electron chi connectivity index (χ3n) is 6.32. The van der Waals surface area contributed by atoms with Gasteiger partial charge in [0.25, 0.3) is 5.56 Å². The van der Waals surface area contributed by atoms with Crippen molar-refractivity contribution in [3.8, 4) is 5.75 Å². The summed E-state index contributed by atoms with van der Waals surface area (Å²) in [6.45, 7) is 6.36. The van der Waals surface area contributed by atoms with Crippen molar-refractivity contribution in [1.82, 2.24) is 14.8 Å². The lowest BCUT2D eigenvalue weighted by atomic mass is 10.1. The van der Waals surface area contributed by atoms with Crippen molar-refractivity contribution in [2.75, 3.05) is 18.1 Å². The molecule has 0 radical (unpaired) electrons. The molecule has 1 aliphatic rings. The molecule has 0 saturated heterocycles. The van der Waals surface area contributed by atoms with Gasteiger partial charge in [-0.05, 0) is 23.2 Å². The molecule has 13 heteroatoms.